The van der Waals surface area contributed by atoms with Gasteiger partial charge in [-0.25, -0.2) is 0 Å². The van der Waals surface area contributed by atoms with E-state index in [1.165, 1.54) is 12.8 Å². The Labute approximate surface area is 101 Å². The molecule has 0 radical (unpaired) electrons. The van der Waals surface area contributed by atoms with Gasteiger partial charge in [0.05, 0.1) is 5.02 Å². The van der Waals surface area contributed by atoms with E-state index in [0.717, 1.165) is 31.2 Å². The smallest absolute Gasteiger partial charge is 0.134 e. The maximum Gasteiger partial charge on any atom is 0.134 e. The van der Waals surface area contributed by atoms with Crippen LogP contribution in [0.2, 0.25) is 5.02 Å². The van der Waals surface area contributed by atoms with Gasteiger partial charge in [0, 0.05) is 12.2 Å². The minimum atomic E-state index is 0.133. The van der Waals surface area contributed by atoms with Crippen LogP contribution in [0.5, 0.6) is 5.75 Å². The third kappa shape index (κ3) is 3.03. The second-order valence-electron chi connectivity index (χ2n) is 4.24. The first-order chi connectivity index (χ1) is 7.75. The molecule has 1 aliphatic heterocycles. The third-order valence-corrected chi connectivity index (χ3v) is 3.30. The molecule has 0 bridgehead atoms. The Hall–Kier alpha value is -0.930. The Morgan fingerprint density at radius 1 is 1.38 bits per heavy atom. The topological polar surface area (TPSA) is 44.3 Å². The molecule has 0 aromatic heterocycles. The molecule has 2 rings (SSSR count). The molecule has 3 N–H and O–H groups in total. The summed E-state index contributed by atoms with van der Waals surface area (Å²) in [6.07, 6.45) is 2.44. The van der Waals surface area contributed by atoms with Gasteiger partial charge in [-0.2, -0.15) is 0 Å². The number of benzene rings is 1. The number of hydrogen-bond donors (Lipinski definition) is 3. The van der Waals surface area contributed by atoms with E-state index in [2.05, 4.69) is 10.6 Å². The number of nitrogens with one attached hydrogen (secondary N) is 2. The van der Waals surface area contributed by atoms with Crippen molar-refractivity contribution in [3.05, 3.63) is 23.2 Å². The van der Waals surface area contributed by atoms with Crippen molar-refractivity contribution in [1.82, 2.24) is 5.32 Å². The van der Waals surface area contributed by atoms with Crippen LogP contribution in [-0.2, 0) is 0 Å². The van der Waals surface area contributed by atoms with E-state index < -0.39 is 0 Å². The van der Waals surface area contributed by atoms with Gasteiger partial charge in [-0.1, -0.05) is 11.6 Å². The second kappa shape index (κ2) is 5.41. The molecule has 1 aliphatic rings. The molecule has 0 atom stereocenters. The van der Waals surface area contributed by atoms with E-state index in [0.29, 0.717) is 5.02 Å². The van der Waals surface area contributed by atoms with Gasteiger partial charge in [-0.15, -0.1) is 0 Å². The molecule has 0 aliphatic carbocycles. The van der Waals surface area contributed by atoms with Crippen LogP contribution in [0.3, 0.4) is 0 Å². The Morgan fingerprint density at radius 2 is 2.12 bits per heavy atom. The van der Waals surface area contributed by atoms with Crippen molar-refractivity contribution in [3.63, 3.8) is 0 Å². The van der Waals surface area contributed by atoms with Crippen LogP contribution in [0, 0.1) is 5.92 Å². The normalized spacial score (nSPS) is 17.3. The van der Waals surface area contributed by atoms with Crippen molar-refractivity contribution >= 4 is 17.3 Å². The molecule has 0 unspecified atom stereocenters. The molecule has 0 saturated carbocycles. The van der Waals surface area contributed by atoms with Crippen molar-refractivity contribution < 1.29 is 5.11 Å². The lowest BCUT2D eigenvalue weighted by Gasteiger charge is -2.23. The first-order valence-corrected chi connectivity index (χ1v) is 6.06. The summed E-state index contributed by atoms with van der Waals surface area (Å²) in [5, 5.41) is 16.4. The lowest BCUT2D eigenvalue weighted by Crippen LogP contribution is -2.31. The van der Waals surface area contributed by atoms with E-state index in [9.17, 15) is 5.11 Å². The van der Waals surface area contributed by atoms with Crippen LogP contribution in [0.1, 0.15) is 12.8 Å². The van der Waals surface area contributed by atoms with Crippen molar-refractivity contribution in [3.8, 4) is 5.75 Å². The first-order valence-electron chi connectivity index (χ1n) is 5.69. The zero-order chi connectivity index (χ0) is 11.4. The van der Waals surface area contributed by atoms with Gasteiger partial charge in [0.2, 0.25) is 0 Å². The number of piperidine rings is 1. The number of aromatic hydroxyl groups is 1. The van der Waals surface area contributed by atoms with Crippen molar-refractivity contribution in [2.24, 2.45) is 5.92 Å². The molecule has 1 saturated heterocycles. The van der Waals surface area contributed by atoms with Crippen LogP contribution < -0.4 is 10.6 Å². The highest BCUT2D eigenvalue weighted by atomic mass is 35.5. The summed E-state index contributed by atoms with van der Waals surface area (Å²) < 4.78 is 0. The molecule has 0 amide bonds. The standard InChI is InChI=1S/C12H17ClN2O/c13-11-7-10(1-2-12(11)16)15-8-9-3-5-14-6-4-9/h1-2,7,9,14-16H,3-6,8H2. The van der Waals surface area contributed by atoms with Gasteiger partial charge in [-0.3, -0.25) is 0 Å². The Kier molecular flexibility index (Phi) is 3.91. The molecule has 0 spiro atoms. The highest BCUT2D eigenvalue weighted by Crippen LogP contribution is 2.26. The number of hydrogen-bond acceptors (Lipinski definition) is 3. The van der Waals surface area contributed by atoms with E-state index in [1.54, 1.807) is 12.1 Å². The predicted molar refractivity (Wildman–Crippen MR) is 67.2 cm³/mol. The van der Waals surface area contributed by atoms with Gasteiger partial charge in [-0.05, 0) is 50.0 Å². The lowest BCUT2D eigenvalue weighted by atomic mass is 9.98. The molecule has 1 heterocycles. The molecule has 1 aromatic carbocycles. The minimum Gasteiger partial charge on any atom is -0.506 e. The number of halogens is 1. The third-order valence-electron chi connectivity index (χ3n) is 3.00. The van der Waals surface area contributed by atoms with Gasteiger partial charge < -0.3 is 15.7 Å². The number of rotatable bonds is 3. The summed E-state index contributed by atoms with van der Waals surface area (Å²) >= 11 is 5.84. The Morgan fingerprint density at radius 3 is 2.81 bits per heavy atom. The highest BCUT2D eigenvalue weighted by molar-refractivity contribution is 6.32. The van der Waals surface area contributed by atoms with Crippen LogP contribution >= 0.6 is 11.6 Å². The van der Waals surface area contributed by atoms with Crippen LogP contribution in [0.4, 0.5) is 5.69 Å². The van der Waals surface area contributed by atoms with E-state index >= 15 is 0 Å². The van der Waals surface area contributed by atoms with Gasteiger partial charge in [0.15, 0.2) is 0 Å². The fourth-order valence-corrected chi connectivity index (χ4v) is 2.15. The summed E-state index contributed by atoms with van der Waals surface area (Å²) in [6, 6.07) is 5.23. The molecule has 3 nitrogen and oxygen atoms in total. The van der Waals surface area contributed by atoms with E-state index in [4.69, 9.17) is 11.6 Å². The molecule has 4 heteroatoms. The van der Waals surface area contributed by atoms with Crippen LogP contribution in [0.15, 0.2) is 18.2 Å². The maximum absolute atomic E-state index is 9.29. The highest BCUT2D eigenvalue weighted by Gasteiger charge is 2.12. The van der Waals surface area contributed by atoms with Gasteiger partial charge >= 0.3 is 0 Å². The Balaban J connectivity index is 1.86. The predicted octanol–water partition coefficient (Wildman–Crippen LogP) is 2.46. The second-order valence-corrected chi connectivity index (χ2v) is 4.65. The fourth-order valence-electron chi connectivity index (χ4n) is 1.96. The molecule has 1 fully saturated rings. The molecule has 16 heavy (non-hydrogen) atoms. The average Bonchev–Trinajstić information content (AvgIpc) is 2.32. The van der Waals surface area contributed by atoms with Crippen molar-refractivity contribution in [2.45, 2.75) is 12.8 Å². The molecular formula is C12H17ClN2O. The zero-order valence-electron chi connectivity index (χ0n) is 9.17. The summed E-state index contributed by atoms with van der Waals surface area (Å²) in [7, 11) is 0. The summed E-state index contributed by atoms with van der Waals surface area (Å²) in [5.41, 5.74) is 0.973. The maximum atomic E-state index is 9.29. The SMILES string of the molecule is Oc1ccc(NCC2CCNCC2)cc1Cl. The molecule has 88 valence electrons. The largest absolute Gasteiger partial charge is 0.506 e. The van der Waals surface area contributed by atoms with E-state index in [1.807, 2.05) is 6.07 Å². The summed E-state index contributed by atoms with van der Waals surface area (Å²) in [4.78, 5) is 0. The summed E-state index contributed by atoms with van der Waals surface area (Å²) in [5.74, 6) is 0.864. The lowest BCUT2D eigenvalue weighted by molar-refractivity contribution is 0.390. The molecule has 1 aromatic rings. The monoisotopic (exact) mass is 240 g/mol. The van der Waals surface area contributed by atoms with Gasteiger partial charge in [0.25, 0.3) is 0 Å². The first kappa shape index (κ1) is 11.6. The van der Waals surface area contributed by atoms with Gasteiger partial charge in [0.1, 0.15) is 5.75 Å². The average molecular weight is 241 g/mol. The number of anilines is 1. The quantitative estimate of drug-likeness (QED) is 0.712. The minimum absolute atomic E-state index is 0.133. The number of phenolic OH excluding ortho intramolecular Hbond substituents is 1. The van der Waals surface area contributed by atoms with E-state index in [-0.39, 0.29) is 5.75 Å². The zero-order valence-corrected chi connectivity index (χ0v) is 9.93. The van der Waals surface area contributed by atoms with Crippen molar-refractivity contribution in [1.29, 1.82) is 0 Å². The number of phenols is 1. The summed E-state index contributed by atoms with van der Waals surface area (Å²) in [6.45, 7) is 3.20. The Bertz CT molecular complexity index is 351. The van der Waals surface area contributed by atoms with Crippen LogP contribution in [-0.4, -0.2) is 24.7 Å². The molecular weight excluding hydrogens is 224 g/mol. The fraction of sp³-hybridized carbons (Fsp3) is 0.500. The van der Waals surface area contributed by atoms with Crippen molar-refractivity contribution in [2.75, 3.05) is 25.0 Å². The van der Waals surface area contributed by atoms with Crippen LogP contribution in [0.25, 0.3) is 0 Å².